The number of ether oxygens (including phenoxy) is 2. The highest BCUT2D eigenvalue weighted by atomic mass is 35.5. The molecule has 1 amide bonds. The van der Waals surface area contributed by atoms with E-state index in [2.05, 4.69) is 10.1 Å². The molecule has 0 saturated heterocycles. The molecule has 6 nitrogen and oxygen atoms in total. The fraction of sp³-hybridized carbons (Fsp3) is 0.250. The third kappa shape index (κ3) is 3.96. The number of amides is 1. The first kappa shape index (κ1) is 15.0. The Bertz CT molecular complexity index is 541. The minimum atomic E-state index is -0.701. The Kier molecular flexibility index (Phi) is 4.88. The van der Waals surface area contributed by atoms with E-state index in [0.717, 1.165) is 0 Å². The van der Waals surface area contributed by atoms with Gasteiger partial charge >= 0.3 is 11.9 Å². The predicted octanol–water partition coefficient (Wildman–Crippen LogP) is 2.01. The van der Waals surface area contributed by atoms with Gasteiger partial charge in [-0.15, -0.1) is 0 Å². The van der Waals surface area contributed by atoms with Crippen molar-refractivity contribution in [2.24, 2.45) is 0 Å². The lowest BCUT2D eigenvalue weighted by atomic mass is 10.1. The number of hydrogen-bond acceptors (Lipinski definition) is 5. The Morgan fingerprint density at radius 3 is 2.32 bits per heavy atom. The largest absolute Gasteiger partial charge is 0.465 e. The third-order valence-corrected chi connectivity index (χ3v) is 2.35. The number of carbonyl (C=O) groups is 3. The Morgan fingerprint density at radius 1 is 1.21 bits per heavy atom. The molecule has 0 fully saturated rings. The second-order valence-electron chi connectivity index (χ2n) is 3.59. The van der Waals surface area contributed by atoms with Crippen LogP contribution in [0.1, 0.15) is 24.2 Å². The van der Waals surface area contributed by atoms with Crippen molar-refractivity contribution >= 4 is 35.1 Å². The molecule has 0 heterocycles. The topological polar surface area (TPSA) is 81.7 Å². The van der Waals surface area contributed by atoms with Crippen LogP contribution in [-0.4, -0.2) is 25.0 Å². The highest BCUT2D eigenvalue weighted by Crippen LogP contribution is 2.31. The smallest absolute Gasteiger partial charge is 0.341 e. The molecule has 1 N–H and O–H groups in total. The number of hydrogen-bond donors (Lipinski definition) is 1. The first-order chi connectivity index (χ1) is 8.85. The lowest BCUT2D eigenvalue weighted by molar-refractivity contribution is -0.131. The Labute approximate surface area is 114 Å². The SMILES string of the molecule is COC(=O)c1cc(Cl)c(NC(C)=O)cc1OC(C)=O. The summed E-state index contributed by atoms with van der Waals surface area (Å²) in [5.74, 6) is -1.69. The predicted molar refractivity (Wildman–Crippen MR) is 68.4 cm³/mol. The number of benzene rings is 1. The number of nitrogens with one attached hydrogen (secondary N) is 1. The van der Waals surface area contributed by atoms with Gasteiger partial charge in [0.1, 0.15) is 11.3 Å². The quantitative estimate of drug-likeness (QED) is 0.678. The van der Waals surface area contributed by atoms with Gasteiger partial charge in [-0.3, -0.25) is 9.59 Å². The first-order valence-electron chi connectivity index (χ1n) is 5.23. The van der Waals surface area contributed by atoms with Crippen LogP contribution in [0.3, 0.4) is 0 Å². The van der Waals surface area contributed by atoms with Gasteiger partial charge in [-0.1, -0.05) is 11.6 Å². The third-order valence-electron chi connectivity index (χ3n) is 2.04. The van der Waals surface area contributed by atoms with Crippen LogP contribution in [0.2, 0.25) is 5.02 Å². The molecule has 0 spiro atoms. The van der Waals surface area contributed by atoms with E-state index < -0.39 is 11.9 Å². The van der Waals surface area contributed by atoms with E-state index in [-0.39, 0.29) is 27.9 Å². The minimum absolute atomic E-state index is 0.00296. The zero-order valence-electron chi connectivity index (χ0n) is 10.6. The number of rotatable bonds is 3. The van der Waals surface area contributed by atoms with Gasteiger partial charge < -0.3 is 14.8 Å². The molecular weight excluding hydrogens is 274 g/mol. The first-order valence-corrected chi connectivity index (χ1v) is 5.60. The van der Waals surface area contributed by atoms with Crippen LogP contribution < -0.4 is 10.1 Å². The summed E-state index contributed by atoms with van der Waals surface area (Å²) in [6.45, 7) is 2.49. The molecule has 7 heteroatoms. The van der Waals surface area contributed by atoms with Crippen LogP contribution in [0.25, 0.3) is 0 Å². The van der Waals surface area contributed by atoms with Crippen LogP contribution >= 0.6 is 11.6 Å². The van der Waals surface area contributed by atoms with E-state index in [1.54, 1.807) is 0 Å². The van der Waals surface area contributed by atoms with Gasteiger partial charge in [-0.25, -0.2) is 4.79 Å². The Morgan fingerprint density at radius 2 is 1.84 bits per heavy atom. The number of esters is 2. The summed E-state index contributed by atoms with van der Waals surface area (Å²) >= 11 is 5.92. The molecule has 0 atom stereocenters. The monoisotopic (exact) mass is 285 g/mol. The summed E-state index contributed by atoms with van der Waals surface area (Å²) < 4.78 is 9.45. The number of carbonyl (C=O) groups excluding carboxylic acids is 3. The van der Waals surface area contributed by atoms with E-state index >= 15 is 0 Å². The van der Waals surface area contributed by atoms with Crippen molar-refractivity contribution in [3.63, 3.8) is 0 Å². The van der Waals surface area contributed by atoms with Gasteiger partial charge in [-0.05, 0) is 6.07 Å². The fourth-order valence-corrected chi connectivity index (χ4v) is 1.56. The second-order valence-corrected chi connectivity index (χ2v) is 4.00. The molecule has 0 bridgehead atoms. The van der Waals surface area contributed by atoms with Crippen LogP contribution in [-0.2, 0) is 14.3 Å². The van der Waals surface area contributed by atoms with Crippen LogP contribution in [0, 0.1) is 0 Å². The molecule has 0 radical (unpaired) electrons. The average Bonchev–Trinajstić information content (AvgIpc) is 2.30. The molecule has 1 aromatic rings. The van der Waals surface area contributed by atoms with Gasteiger partial charge in [0.2, 0.25) is 5.91 Å². The van der Waals surface area contributed by atoms with Crippen molar-refractivity contribution in [1.29, 1.82) is 0 Å². The number of methoxy groups -OCH3 is 1. The van der Waals surface area contributed by atoms with Gasteiger partial charge in [0, 0.05) is 19.9 Å². The molecule has 1 rings (SSSR count). The maximum atomic E-state index is 11.5. The minimum Gasteiger partial charge on any atom is -0.465 e. The van der Waals surface area contributed by atoms with Gasteiger partial charge in [0.05, 0.1) is 17.8 Å². The van der Waals surface area contributed by atoms with Crippen molar-refractivity contribution in [2.45, 2.75) is 13.8 Å². The maximum Gasteiger partial charge on any atom is 0.341 e. The lowest BCUT2D eigenvalue weighted by Gasteiger charge is -2.11. The van der Waals surface area contributed by atoms with Crippen molar-refractivity contribution < 1.29 is 23.9 Å². The van der Waals surface area contributed by atoms with Crippen LogP contribution in [0.5, 0.6) is 5.75 Å². The zero-order valence-corrected chi connectivity index (χ0v) is 11.3. The zero-order chi connectivity index (χ0) is 14.6. The summed E-state index contributed by atoms with van der Waals surface area (Å²) in [6, 6.07) is 2.55. The van der Waals surface area contributed by atoms with Gasteiger partial charge in [0.15, 0.2) is 0 Å². The summed E-state index contributed by atoms with van der Waals surface area (Å²) in [6.07, 6.45) is 0. The summed E-state index contributed by atoms with van der Waals surface area (Å²) in [5, 5.41) is 2.59. The van der Waals surface area contributed by atoms with Crippen molar-refractivity contribution in [1.82, 2.24) is 0 Å². The van der Waals surface area contributed by atoms with E-state index in [4.69, 9.17) is 16.3 Å². The maximum absolute atomic E-state index is 11.5. The Balaban J connectivity index is 3.31. The van der Waals surface area contributed by atoms with Crippen molar-refractivity contribution in [3.8, 4) is 5.75 Å². The molecule has 1 aromatic carbocycles. The van der Waals surface area contributed by atoms with Gasteiger partial charge in [-0.2, -0.15) is 0 Å². The number of halogens is 1. The Hall–Kier alpha value is -2.08. The van der Waals surface area contributed by atoms with Gasteiger partial charge in [0.25, 0.3) is 0 Å². The molecule has 0 aliphatic carbocycles. The van der Waals surface area contributed by atoms with E-state index in [0.29, 0.717) is 0 Å². The highest BCUT2D eigenvalue weighted by molar-refractivity contribution is 6.34. The molecule has 0 unspecified atom stereocenters. The number of anilines is 1. The normalized spacial score (nSPS) is 9.68. The average molecular weight is 286 g/mol. The molecule has 0 aromatic heterocycles. The second kappa shape index (κ2) is 6.19. The fourth-order valence-electron chi connectivity index (χ4n) is 1.35. The molecular formula is C12H12ClNO5. The van der Waals surface area contributed by atoms with E-state index in [9.17, 15) is 14.4 Å². The molecule has 19 heavy (non-hydrogen) atoms. The molecule has 0 aliphatic rings. The standard InChI is InChI=1S/C12H12ClNO5/c1-6(15)14-10-5-11(19-7(2)16)8(4-9(10)13)12(17)18-3/h4-5H,1-3H3,(H,14,15). The molecule has 0 saturated carbocycles. The van der Waals surface area contributed by atoms with E-state index in [1.807, 2.05) is 0 Å². The summed E-state index contributed by atoms with van der Waals surface area (Å²) in [5.41, 5.74) is 0.231. The lowest BCUT2D eigenvalue weighted by Crippen LogP contribution is -2.11. The summed E-state index contributed by atoms with van der Waals surface area (Å²) in [7, 11) is 1.19. The highest BCUT2D eigenvalue weighted by Gasteiger charge is 2.18. The summed E-state index contributed by atoms with van der Waals surface area (Å²) in [4.78, 5) is 33.5. The van der Waals surface area contributed by atoms with Crippen LogP contribution in [0.4, 0.5) is 5.69 Å². The van der Waals surface area contributed by atoms with Crippen molar-refractivity contribution in [2.75, 3.05) is 12.4 Å². The molecule has 0 aliphatic heterocycles. The van der Waals surface area contributed by atoms with Crippen LogP contribution in [0.15, 0.2) is 12.1 Å². The molecule has 102 valence electrons. The van der Waals surface area contributed by atoms with E-state index in [1.165, 1.54) is 33.1 Å². The van der Waals surface area contributed by atoms with Crippen molar-refractivity contribution in [3.05, 3.63) is 22.7 Å².